The van der Waals surface area contributed by atoms with E-state index in [4.69, 9.17) is 5.73 Å². The van der Waals surface area contributed by atoms with E-state index in [1.165, 1.54) is 12.1 Å². The van der Waals surface area contributed by atoms with E-state index in [1.807, 2.05) is 0 Å². The number of anilines is 1. The van der Waals surface area contributed by atoms with Crippen LogP contribution < -0.4 is 21.7 Å². The first-order chi connectivity index (χ1) is 13.0. The van der Waals surface area contributed by atoms with Gasteiger partial charge in [-0.1, -0.05) is 6.07 Å². The number of hydrogen-bond acceptors (Lipinski definition) is 5. The van der Waals surface area contributed by atoms with Crippen molar-refractivity contribution in [1.82, 2.24) is 10.6 Å². The monoisotopic (exact) mass is 392 g/mol. The number of carbonyl (C=O) groups excluding carboxylic acids is 2. The minimum Gasteiger partial charge on any atom is -0.392 e. The molecule has 0 radical (unpaired) electrons. The fraction of sp³-hybridized carbons (Fsp3) is 0.333. The molecule has 7 nitrogen and oxygen atoms in total. The summed E-state index contributed by atoms with van der Waals surface area (Å²) in [5.74, 6) is -0.810. The van der Waals surface area contributed by atoms with Gasteiger partial charge in [0.05, 0.1) is 12.2 Å². The number of amides is 3. The van der Waals surface area contributed by atoms with Crippen molar-refractivity contribution >= 4 is 28.3 Å². The van der Waals surface area contributed by atoms with Crippen LogP contribution in [0.2, 0.25) is 0 Å². The molecule has 0 unspecified atom stereocenters. The zero-order chi connectivity index (χ0) is 19.4. The number of hydrogen-bond donors (Lipinski definition) is 5. The predicted octanol–water partition coefficient (Wildman–Crippen LogP) is 2.02. The van der Waals surface area contributed by atoms with E-state index in [2.05, 4.69) is 16.0 Å². The molecule has 2 heterocycles. The zero-order valence-corrected chi connectivity index (χ0v) is 15.4. The van der Waals surface area contributed by atoms with E-state index < -0.39 is 18.5 Å². The first-order valence-corrected chi connectivity index (χ1v) is 9.41. The fourth-order valence-electron chi connectivity index (χ4n) is 2.99. The summed E-state index contributed by atoms with van der Waals surface area (Å²) < 4.78 is 13.6. The van der Waals surface area contributed by atoms with Crippen molar-refractivity contribution in [3.05, 3.63) is 41.2 Å². The van der Waals surface area contributed by atoms with Crippen LogP contribution >= 0.6 is 11.3 Å². The number of nitrogens with two attached hydrogens (primary N) is 1. The zero-order valence-electron chi connectivity index (χ0n) is 14.5. The Labute approximate surface area is 159 Å². The maximum atomic E-state index is 13.6. The molecule has 3 rings (SSSR count). The van der Waals surface area contributed by atoms with Crippen molar-refractivity contribution in [2.75, 3.05) is 18.4 Å². The van der Waals surface area contributed by atoms with Gasteiger partial charge >= 0.3 is 6.03 Å². The predicted molar refractivity (Wildman–Crippen MR) is 102 cm³/mol. The second-order valence-electron chi connectivity index (χ2n) is 6.32. The van der Waals surface area contributed by atoms with Gasteiger partial charge in [0.15, 0.2) is 0 Å². The maximum absolute atomic E-state index is 13.6. The summed E-state index contributed by atoms with van der Waals surface area (Å²) >= 11 is 1.16. The summed E-state index contributed by atoms with van der Waals surface area (Å²) in [5.41, 5.74) is 6.32. The number of nitrogens with one attached hydrogen (secondary N) is 3. The van der Waals surface area contributed by atoms with Gasteiger partial charge in [0.1, 0.15) is 10.8 Å². The Morgan fingerprint density at radius 1 is 1.37 bits per heavy atom. The van der Waals surface area contributed by atoms with Crippen molar-refractivity contribution in [2.45, 2.75) is 25.5 Å². The van der Waals surface area contributed by atoms with E-state index in [0.29, 0.717) is 27.5 Å². The number of aliphatic hydroxyl groups excluding tert-OH is 1. The number of thiophene rings is 1. The van der Waals surface area contributed by atoms with Crippen LogP contribution in [0.5, 0.6) is 0 Å². The molecule has 1 saturated heterocycles. The quantitative estimate of drug-likeness (QED) is 0.535. The van der Waals surface area contributed by atoms with Crippen LogP contribution in [0.3, 0.4) is 0 Å². The van der Waals surface area contributed by atoms with E-state index in [-0.39, 0.29) is 17.5 Å². The summed E-state index contributed by atoms with van der Waals surface area (Å²) in [6.45, 7) is 1.19. The van der Waals surface area contributed by atoms with Gasteiger partial charge in [-0.05, 0) is 43.1 Å². The Kier molecular flexibility index (Phi) is 6.04. The lowest BCUT2D eigenvalue weighted by molar-refractivity contribution is 0.0932. The molecule has 1 aliphatic rings. The van der Waals surface area contributed by atoms with Crippen LogP contribution in [0, 0.1) is 5.82 Å². The molecule has 0 saturated carbocycles. The standard InChI is InChI=1S/C18H21FN4O3S/c19-14-4-3-10(6-11(14)9-24)15-7-13(17(27-15)23-18(20)26)16(25)22-12-2-1-5-21-8-12/h3-4,6-7,12,21,24H,1-2,5,8-9H2,(H,22,25)(H3,20,23,26)/t12-/m0/s1. The van der Waals surface area contributed by atoms with Crippen molar-refractivity contribution in [3.63, 3.8) is 0 Å². The normalized spacial score (nSPS) is 16.7. The third kappa shape index (κ3) is 4.62. The van der Waals surface area contributed by atoms with Gasteiger partial charge in [-0.15, -0.1) is 11.3 Å². The average molecular weight is 392 g/mol. The Balaban J connectivity index is 1.90. The molecular weight excluding hydrogens is 371 g/mol. The van der Waals surface area contributed by atoms with E-state index in [0.717, 1.165) is 30.7 Å². The molecule has 1 aromatic carbocycles. The van der Waals surface area contributed by atoms with Crippen LogP contribution in [0.15, 0.2) is 24.3 Å². The minimum atomic E-state index is -0.771. The molecule has 0 spiro atoms. The summed E-state index contributed by atoms with van der Waals surface area (Å²) in [5, 5.41) is 18.3. The Hall–Kier alpha value is -2.49. The molecule has 1 aliphatic heterocycles. The molecule has 6 N–H and O–H groups in total. The second-order valence-corrected chi connectivity index (χ2v) is 7.38. The molecule has 1 aromatic heterocycles. The van der Waals surface area contributed by atoms with Gasteiger partial charge in [-0.2, -0.15) is 0 Å². The molecule has 144 valence electrons. The lowest BCUT2D eigenvalue weighted by atomic mass is 10.1. The van der Waals surface area contributed by atoms with Crippen LogP contribution in [-0.4, -0.2) is 36.2 Å². The highest BCUT2D eigenvalue weighted by molar-refractivity contribution is 7.20. The second kappa shape index (κ2) is 8.47. The van der Waals surface area contributed by atoms with Gasteiger partial charge in [0.25, 0.3) is 5.91 Å². The summed E-state index contributed by atoms with van der Waals surface area (Å²) in [6.07, 6.45) is 1.86. The van der Waals surface area contributed by atoms with E-state index in [1.54, 1.807) is 12.1 Å². The lowest BCUT2D eigenvalue weighted by Crippen LogP contribution is -2.45. The molecule has 1 fully saturated rings. The smallest absolute Gasteiger partial charge is 0.317 e. The number of benzene rings is 1. The fourth-order valence-corrected chi connectivity index (χ4v) is 4.05. The van der Waals surface area contributed by atoms with Gasteiger partial charge in [0.2, 0.25) is 0 Å². The molecule has 27 heavy (non-hydrogen) atoms. The topological polar surface area (TPSA) is 116 Å². The number of urea groups is 1. The Morgan fingerprint density at radius 2 is 2.19 bits per heavy atom. The van der Waals surface area contributed by atoms with E-state index >= 15 is 0 Å². The Bertz CT molecular complexity index is 849. The molecule has 9 heteroatoms. The first-order valence-electron chi connectivity index (χ1n) is 8.59. The van der Waals surface area contributed by atoms with Crippen molar-refractivity contribution in [2.24, 2.45) is 5.73 Å². The third-order valence-corrected chi connectivity index (χ3v) is 5.45. The first kappa shape index (κ1) is 19.3. The SMILES string of the molecule is NC(=O)Nc1sc(-c2ccc(F)c(CO)c2)cc1C(=O)N[C@H]1CCCNC1. The van der Waals surface area contributed by atoms with Crippen LogP contribution in [0.25, 0.3) is 10.4 Å². The highest BCUT2D eigenvalue weighted by Crippen LogP contribution is 2.36. The van der Waals surface area contributed by atoms with Gasteiger partial charge < -0.3 is 21.5 Å². The number of halogens is 1. The van der Waals surface area contributed by atoms with Crippen molar-refractivity contribution < 1.29 is 19.1 Å². The number of rotatable bonds is 5. The van der Waals surface area contributed by atoms with Crippen molar-refractivity contribution in [1.29, 1.82) is 0 Å². The third-order valence-electron chi connectivity index (χ3n) is 4.35. The largest absolute Gasteiger partial charge is 0.392 e. The number of piperidine rings is 1. The number of aliphatic hydroxyl groups is 1. The number of carbonyl (C=O) groups is 2. The molecule has 1 atom stereocenters. The average Bonchev–Trinajstić information content (AvgIpc) is 3.06. The lowest BCUT2D eigenvalue weighted by Gasteiger charge is -2.23. The van der Waals surface area contributed by atoms with Crippen LogP contribution in [0.4, 0.5) is 14.2 Å². The number of primary amides is 1. The highest BCUT2D eigenvalue weighted by atomic mass is 32.1. The van der Waals surface area contributed by atoms with E-state index in [9.17, 15) is 19.1 Å². The van der Waals surface area contributed by atoms with Crippen LogP contribution in [-0.2, 0) is 6.61 Å². The molecule has 0 aliphatic carbocycles. The minimum absolute atomic E-state index is 0.0165. The van der Waals surface area contributed by atoms with Crippen LogP contribution in [0.1, 0.15) is 28.8 Å². The molecule has 2 aromatic rings. The summed E-state index contributed by atoms with van der Waals surface area (Å²) in [4.78, 5) is 24.7. The molecule has 0 bridgehead atoms. The summed E-state index contributed by atoms with van der Waals surface area (Å²) in [6, 6.07) is 5.21. The summed E-state index contributed by atoms with van der Waals surface area (Å²) in [7, 11) is 0. The van der Waals surface area contributed by atoms with Gasteiger partial charge in [0, 0.05) is 23.0 Å². The van der Waals surface area contributed by atoms with Gasteiger partial charge in [-0.3, -0.25) is 10.1 Å². The maximum Gasteiger partial charge on any atom is 0.317 e. The van der Waals surface area contributed by atoms with Gasteiger partial charge in [-0.25, -0.2) is 9.18 Å². The van der Waals surface area contributed by atoms with Crippen molar-refractivity contribution in [3.8, 4) is 10.4 Å². The molecular formula is C18H21FN4O3S. The highest BCUT2D eigenvalue weighted by Gasteiger charge is 2.22. The Morgan fingerprint density at radius 3 is 2.85 bits per heavy atom. The molecule has 3 amide bonds.